The van der Waals surface area contributed by atoms with Crippen LogP contribution in [0.2, 0.25) is 0 Å². The lowest BCUT2D eigenvalue weighted by Crippen LogP contribution is -2.27. The number of nitrogens with zero attached hydrogens (tertiary/aromatic N) is 3. The number of carbonyl (C=O) groups is 1. The van der Waals surface area contributed by atoms with E-state index in [-0.39, 0.29) is 18.1 Å². The Balaban J connectivity index is 1.59. The Morgan fingerprint density at radius 3 is 2.73 bits per heavy atom. The molecule has 3 heterocycles. The average Bonchev–Trinajstić information content (AvgIpc) is 3.40. The van der Waals surface area contributed by atoms with Crippen molar-refractivity contribution in [2.24, 2.45) is 0 Å². The van der Waals surface area contributed by atoms with Gasteiger partial charge in [0, 0.05) is 34.8 Å². The lowest BCUT2D eigenvalue weighted by molar-refractivity contribution is 0.0938. The van der Waals surface area contributed by atoms with Crippen molar-refractivity contribution >= 4 is 17.2 Å². The Morgan fingerprint density at radius 2 is 2.07 bits per heavy atom. The molecule has 30 heavy (non-hydrogen) atoms. The smallest absolute Gasteiger partial charge is 0.251 e. The van der Waals surface area contributed by atoms with Gasteiger partial charge < -0.3 is 14.8 Å². The quantitative estimate of drug-likeness (QED) is 0.646. The van der Waals surface area contributed by atoms with Crippen LogP contribution in [0, 0.1) is 13.8 Å². The molecule has 3 aromatic rings. The van der Waals surface area contributed by atoms with Crippen LogP contribution in [0.5, 0.6) is 5.75 Å². The molecule has 2 aromatic heterocycles. The van der Waals surface area contributed by atoms with Gasteiger partial charge in [-0.3, -0.25) is 14.8 Å². The van der Waals surface area contributed by atoms with Gasteiger partial charge in [-0.1, -0.05) is 0 Å². The van der Waals surface area contributed by atoms with Crippen molar-refractivity contribution in [1.29, 1.82) is 0 Å². The fourth-order valence-corrected chi connectivity index (χ4v) is 3.94. The van der Waals surface area contributed by atoms with Crippen molar-refractivity contribution in [1.82, 2.24) is 20.3 Å². The van der Waals surface area contributed by atoms with E-state index in [9.17, 15) is 4.79 Å². The summed E-state index contributed by atoms with van der Waals surface area (Å²) in [6.07, 6.45) is 6.04. The molecule has 0 radical (unpaired) electrons. The van der Waals surface area contributed by atoms with Crippen molar-refractivity contribution in [3.05, 3.63) is 58.6 Å². The number of carbonyl (C=O) groups excluding carboxylic acids is 1. The van der Waals surface area contributed by atoms with Gasteiger partial charge in [-0.25, -0.2) is 4.98 Å². The molecule has 0 spiro atoms. The van der Waals surface area contributed by atoms with E-state index in [2.05, 4.69) is 20.3 Å². The summed E-state index contributed by atoms with van der Waals surface area (Å²) in [4.78, 5) is 27.2. The number of nitrogens with one attached hydrogen (secondary N) is 1. The molecule has 4 rings (SSSR count). The molecule has 1 aliphatic rings. The van der Waals surface area contributed by atoms with Crippen molar-refractivity contribution < 1.29 is 14.3 Å². The highest BCUT2D eigenvalue weighted by Crippen LogP contribution is 2.30. The molecule has 8 heteroatoms. The summed E-state index contributed by atoms with van der Waals surface area (Å²) < 4.78 is 11.5. The largest absolute Gasteiger partial charge is 0.488 e. The van der Waals surface area contributed by atoms with Crippen LogP contribution in [0.3, 0.4) is 0 Å². The van der Waals surface area contributed by atoms with Gasteiger partial charge in [0.15, 0.2) is 0 Å². The number of thiazole rings is 1. The third-order valence-electron chi connectivity index (χ3n) is 4.82. The number of benzene rings is 1. The third-order valence-corrected chi connectivity index (χ3v) is 5.78. The zero-order valence-electron chi connectivity index (χ0n) is 17.2. The molecule has 0 unspecified atom stereocenters. The third kappa shape index (κ3) is 4.83. The molecule has 0 saturated carbocycles. The molecule has 7 nitrogen and oxygen atoms in total. The minimum Gasteiger partial charge on any atom is -0.488 e. The van der Waals surface area contributed by atoms with Crippen LogP contribution in [-0.4, -0.2) is 40.2 Å². The Kier molecular flexibility index (Phi) is 6.06. The molecule has 1 amide bonds. The SMILES string of the molecule is Cc1cnc([C@@H](C)NC(=O)c2cc(O[C@@H]3CCOC3)cc(-c3ncc(C)s3)c2)cn1. The van der Waals surface area contributed by atoms with Crippen LogP contribution in [0.15, 0.2) is 36.8 Å². The number of amides is 1. The van der Waals surface area contributed by atoms with Gasteiger partial charge in [0.1, 0.15) is 16.9 Å². The Labute approximate surface area is 179 Å². The zero-order valence-corrected chi connectivity index (χ0v) is 18.0. The van der Waals surface area contributed by atoms with E-state index >= 15 is 0 Å². The molecule has 0 bridgehead atoms. The summed E-state index contributed by atoms with van der Waals surface area (Å²) in [5.41, 5.74) is 2.92. The second kappa shape index (κ2) is 8.89. The highest BCUT2D eigenvalue weighted by atomic mass is 32.1. The van der Waals surface area contributed by atoms with E-state index in [4.69, 9.17) is 9.47 Å². The van der Waals surface area contributed by atoms with E-state index in [1.54, 1.807) is 29.8 Å². The number of rotatable bonds is 6. The van der Waals surface area contributed by atoms with Crippen molar-refractivity contribution in [3.8, 4) is 16.3 Å². The standard InChI is InChI=1S/C22H24N4O3S/c1-13-9-24-20(11-23-13)15(3)26-21(27)16-6-17(22-25-10-14(2)30-22)8-19(7-16)29-18-4-5-28-12-18/h6-11,15,18H,4-5,12H2,1-3H3,(H,26,27)/t15-,18-/m1/s1. The maximum Gasteiger partial charge on any atom is 0.251 e. The predicted molar refractivity (Wildman–Crippen MR) is 115 cm³/mol. The Morgan fingerprint density at radius 1 is 1.20 bits per heavy atom. The number of aromatic nitrogens is 3. The zero-order chi connectivity index (χ0) is 21.1. The summed E-state index contributed by atoms with van der Waals surface area (Å²) in [6, 6.07) is 5.27. The monoisotopic (exact) mass is 424 g/mol. The topological polar surface area (TPSA) is 86.2 Å². The van der Waals surface area contributed by atoms with Crippen molar-refractivity contribution in [2.45, 2.75) is 39.3 Å². The van der Waals surface area contributed by atoms with Crippen LogP contribution in [-0.2, 0) is 4.74 Å². The normalized spacial score (nSPS) is 17.0. The number of aryl methyl sites for hydroxylation is 2. The first-order valence-corrected chi connectivity index (χ1v) is 10.7. The Bertz CT molecular complexity index is 1030. The molecule has 1 saturated heterocycles. The number of ether oxygens (including phenoxy) is 2. The molecule has 1 fully saturated rings. The van der Waals surface area contributed by atoms with Crippen LogP contribution in [0.25, 0.3) is 10.6 Å². The summed E-state index contributed by atoms with van der Waals surface area (Å²) in [5.74, 6) is 0.441. The van der Waals surface area contributed by atoms with E-state index < -0.39 is 0 Å². The first-order chi connectivity index (χ1) is 14.5. The van der Waals surface area contributed by atoms with Crippen molar-refractivity contribution in [3.63, 3.8) is 0 Å². The molecular weight excluding hydrogens is 400 g/mol. The van der Waals surface area contributed by atoms with E-state index in [0.29, 0.717) is 30.2 Å². The van der Waals surface area contributed by atoms with Gasteiger partial charge in [0.05, 0.1) is 36.8 Å². The van der Waals surface area contributed by atoms with Gasteiger partial charge in [-0.15, -0.1) is 11.3 Å². The summed E-state index contributed by atoms with van der Waals surface area (Å²) in [7, 11) is 0. The fourth-order valence-electron chi connectivity index (χ4n) is 3.19. The average molecular weight is 425 g/mol. The van der Waals surface area contributed by atoms with Gasteiger partial charge in [0.25, 0.3) is 5.91 Å². The van der Waals surface area contributed by atoms with E-state index in [0.717, 1.165) is 27.6 Å². The molecule has 156 valence electrons. The van der Waals surface area contributed by atoms with E-state index in [1.807, 2.05) is 39.1 Å². The van der Waals surface area contributed by atoms with Crippen LogP contribution >= 0.6 is 11.3 Å². The van der Waals surface area contributed by atoms with Gasteiger partial charge >= 0.3 is 0 Å². The van der Waals surface area contributed by atoms with Gasteiger partial charge in [0.2, 0.25) is 0 Å². The predicted octanol–water partition coefficient (Wildman–Crippen LogP) is 3.88. The second-order valence-electron chi connectivity index (χ2n) is 7.40. The first kappa shape index (κ1) is 20.4. The second-order valence-corrected chi connectivity index (χ2v) is 8.64. The summed E-state index contributed by atoms with van der Waals surface area (Å²) >= 11 is 1.58. The Hall–Kier alpha value is -2.84. The fraction of sp³-hybridized carbons (Fsp3) is 0.364. The lowest BCUT2D eigenvalue weighted by Gasteiger charge is -2.16. The molecule has 0 aliphatic carbocycles. The minimum atomic E-state index is -0.274. The number of hydrogen-bond donors (Lipinski definition) is 1. The molecule has 1 N–H and O–H groups in total. The van der Waals surface area contributed by atoms with Gasteiger partial charge in [-0.2, -0.15) is 0 Å². The summed E-state index contributed by atoms with van der Waals surface area (Å²) in [5, 5.41) is 3.85. The highest BCUT2D eigenvalue weighted by molar-refractivity contribution is 7.14. The first-order valence-electron chi connectivity index (χ1n) is 9.89. The highest BCUT2D eigenvalue weighted by Gasteiger charge is 2.20. The minimum absolute atomic E-state index is 0.00375. The van der Waals surface area contributed by atoms with Gasteiger partial charge in [-0.05, 0) is 39.0 Å². The maximum atomic E-state index is 13.0. The van der Waals surface area contributed by atoms with Crippen molar-refractivity contribution in [2.75, 3.05) is 13.2 Å². The molecule has 1 aromatic carbocycles. The van der Waals surface area contributed by atoms with Crippen LogP contribution < -0.4 is 10.1 Å². The van der Waals surface area contributed by atoms with E-state index in [1.165, 1.54) is 0 Å². The lowest BCUT2D eigenvalue weighted by atomic mass is 10.1. The summed E-state index contributed by atoms with van der Waals surface area (Å²) in [6.45, 7) is 7.03. The van der Waals surface area contributed by atoms with Crippen LogP contribution in [0.4, 0.5) is 0 Å². The molecular formula is C22H24N4O3S. The molecule has 1 aliphatic heterocycles. The maximum absolute atomic E-state index is 13.0. The molecule has 2 atom stereocenters. The van der Waals surface area contributed by atoms with Crippen LogP contribution in [0.1, 0.15) is 46.0 Å². The number of hydrogen-bond acceptors (Lipinski definition) is 7.